The molecular formula is C10H19NO. The molecule has 2 nitrogen and oxygen atoms in total. The van der Waals surface area contributed by atoms with Gasteiger partial charge in [0.15, 0.2) is 0 Å². The van der Waals surface area contributed by atoms with Crippen LogP contribution in [0.15, 0.2) is 11.6 Å². The first kappa shape index (κ1) is 11.2. The van der Waals surface area contributed by atoms with E-state index in [-0.39, 0.29) is 5.91 Å². The van der Waals surface area contributed by atoms with Crippen LogP contribution in [0.25, 0.3) is 0 Å². The molecule has 0 fully saturated rings. The molecule has 0 unspecified atom stereocenters. The largest absolute Gasteiger partial charge is 0.345 e. The number of unbranched alkanes of at least 4 members (excludes halogenated alkanes) is 1. The van der Waals surface area contributed by atoms with Gasteiger partial charge < -0.3 is 4.90 Å². The molecule has 1 amide bonds. The first-order valence-corrected chi connectivity index (χ1v) is 4.46. The van der Waals surface area contributed by atoms with Crippen LogP contribution < -0.4 is 0 Å². The molecule has 0 aliphatic rings. The highest BCUT2D eigenvalue weighted by Crippen LogP contribution is 2.05. The van der Waals surface area contributed by atoms with Crippen molar-refractivity contribution < 1.29 is 4.79 Å². The van der Waals surface area contributed by atoms with Crippen molar-refractivity contribution in [1.82, 2.24) is 4.90 Å². The Morgan fingerprint density at radius 2 is 2.00 bits per heavy atom. The van der Waals surface area contributed by atoms with Gasteiger partial charge in [0.2, 0.25) is 5.91 Å². The number of nitrogens with zero attached hydrogens (tertiary/aromatic N) is 1. The SMILES string of the molecule is CCCC/C(C)=C/C(=O)N(C)C. The van der Waals surface area contributed by atoms with Crippen molar-refractivity contribution in [3.63, 3.8) is 0 Å². The zero-order chi connectivity index (χ0) is 9.56. The maximum absolute atomic E-state index is 11.2. The van der Waals surface area contributed by atoms with Gasteiger partial charge >= 0.3 is 0 Å². The molecule has 0 rings (SSSR count). The minimum Gasteiger partial charge on any atom is -0.345 e. The van der Waals surface area contributed by atoms with Crippen molar-refractivity contribution in [1.29, 1.82) is 0 Å². The molecule has 70 valence electrons. The number of hydrogen-bond acceptors (Lipinski definition) is 1. The number of allylic oxidation sites excluding steroid dienone is 1. The molecule has 0 atom stereocenters. The van der Waals surface area contributed by atoms with Gasteiger partial charge in [0.25, 0.3) is 0 Å². The molecule has 0 aromatic carbocycles. The zero-order valence-corrected chi connectivity index (χ0v) is 8.55. The second kappa shape index (κ2) is 5.81. The monoisotopic (exact) mass is 169 g/mol. The molecule has 0 aromatic heterocycles. The number of carbonyl (C=O) groups excluding carboxylic acids is 1. The van der Waals surface area contributed by atoms with Crippen molar-refractivity contribution in [3.05, 3.63) is 11.6 Å². The van der Waals surface area contributed by atoms with Gasteiger partial charge in [-0.05, 0) is 19.8 Å². The minimum atomic E-state index is 0.0867. The summed E-state index contributed by atoms with van der Waals surface area (Å²) in [5, 5.41) is 0. The molecule has 0 bridgehead atoms. The lowest BCUT2D eigenvalue weighted by atomic mass is 10.1. The van der Waals surface area contributed by atoms with E-state index in [2.05, 4.69) is 6.92 Å². The van der Waals surface area contributed by atoms with Crippen LogP contribution in [0.5, 0.6) is 0 Å². The predicted octanol–water partition coefficient (Wildman–Crippen LogP) is 2.21. The highest BCUT2D eigenvalue weighted by atomic mass is 16.2. The zero-order valence-electron chi connectivity index (χ0n) is 8.55. The first-order valence-electron chi connectivity index (χ1n) is 4.46. The Kier molecular flexibility index (Phi) is 5.43. The van der Waals surface area contributed by atoms with Crippen molar-refractivity contribution in [2.45, 2.75) is 33.1 Å². The Balaban J connectivity index is 3.89. The van der Waals surface area contributed by atoms with Gasteiger partial charge in [-0.1, -0.05) is 18.9 Å². The quantitative estimate of drug-likeness (QED) is 0.591. The summed E-state index contributed by atoms with van der Waals surface area (Å²) >= 11 is 0. The van der Waals surface area contributed by atoms with Crippen molar-refractivity contribution in [2.24, 2.45) is 0 Å². The van der Waals surface area contributed by atoms with Crippen LogP contribution in [0.1, 0.15) is 33.1 Å². The summed E-state index contributed by atoms with van der Waals surface area (Å²) in [6, 6.07) is 0. The van der Waals surface area contributed by atoms with Crippen LogP contribution in [0, 0.1) is 0 Å². The standard InChI is InChI=1S/C10H19NO/c1-5-6-7-9(2)8-10(12)11(3)4/h8H,5-7H2,1-4H3/b9-8+. The molecule has 0 N–H and O–H groups in total. The summed E-state index contributed by atoms with van der Waals surface area (Å²) in [6.07, 6.45) is 5.11. The smallest absolute Gasteiger partial charge is 0.245 e. The third-order valence-electron chi connectivity index (χ3n) is 1.74. The molecule has 0 saturated carbocycles. The Morgan fingerprint density at radius 3 is 2.42 bits per heavy atom. The average Bonchev–Trinajstić information content (AvgIpc) is 2.00. The third kappa shape index (κ3) is 4.94. The average molecular weight is 169 g/mol. The Labute approximate surface area is 75.3 Å². The van der Waals surface area contributed by atoms with Crippen molar-refractivity contribution in [3.8, 4) is 0 Å². The molecule has 12 heavy (non-hydrogen) atoms. The number of carbonyl (C=O) groups is 1. The van der Waals surface area contributed by atoms with E-state index in [1.54, 1.807) is 25.1 Å². The van der Waals surface area contributed by atoms with E-state index in [1.165, 1.54) is 18.4 Å². The van der Waals surface area contributed by atoms with E-state index in [0.29, 0.717) is 0 Å². The molecule has 2 heteroatoms. The van der Waals surface area contributed by atoms with Gasteiger partial charge in [-0.15, -0.1) is 0 Å². The van der Waals surface area contributed by atoms with E-state index < -0.39 is 0 Å². The number of amides is 1. The summed E-state index contributed by atoms with van der Waals surface area (Å²) in [4.78, 5) is 12.8. The van der Waals surface area contributed by atoms with Gasteiger partial charge in [-0.2, -0.15) is 0 Å². The minimum absolute atomic E-state index is 0.0867. The summed E-state index contributed by atoms with van der Waals surface area (Å²) in [6.45, 7) is 4.16. The van der Waals surface area contributed by atoms with E-state index >= 15 is 0 Å². The second-order valence-corrected chi connectivity index (χ2v) is 3.33. The van der Waals surface area contributed by atoms with Crippen LogP contribution in [-0.4, -0.2) is 24.9 Å². The molecule has 0 saturated heterocycles. The molecule has 0 aromatic rings. The molecule has 0 spiro atoms. The maximum atomic E-state index is 11.2. The van der Waals surface area contributed by atoms with Crippen LogP contribution in [-0.2, 0) is 4.79 Å². The van der Waals surface area contributed by atoms with Crippen LogP contribution in [0.2, 0.25) is 0 Å². The van der Waals surface area contributed by atoms with E-state index in [1.807, 2.05) is 6.92 Å². The topological polar surface area (TPSA) is 20.3 Å². The number of rotatable bonds is 4. The van der Waals surface area contributed by atoms with Gasteiger partial charge in [0.1, 0.15) is 0 Å². The van der Waals surface area contributed by atoms with Gasteiger partial charge in [-0.25, -0.2) is 0 Å². The van der Waals surface area contributed by atoms with E-state index in [0.717, 1.165) is 6.42 Å². The summed E-state index contributed by atoms with van der Waals surface area (Å²) in [5.74, 6) is 0.0867. The van der Waals surface area contributed by atoms with Crippen LogP contribution in [0.4, 0.5) is 0 Å². The number of hydrogen-bond donors (Lipinski definition) is 0. The summed E-state index contributed by atoms with van der Waals surface area (Å²) < 4.78 is 0. The van der Waals surface area contributed by atoms with Gasteiger partial charge in [-0.3, -0.25) is 4.79 Å². The van der Waals surface area contributed by atoms with Gasteiger partial charge in [0, 0.05) is 20.2 Å². The first-order chi connectivity index (χ1) is 5.57. The van der Waals surface area contributed by atoms with Crippen molar-refractivity contribution >= 4 is 5.91 Å². The van der Waals surface area contributed by atoms with Crippen LogP contribution in [0.3, 0.4) is 0 Å². The highest BCUT2D eigenvalue weighted by molar-refractivity contribution is 5.87. The molecule has 0 aliphatic heterocycles. The normalized spacial score (nSPS) is 11.5. The number of likely N-dealkylation sites (N-methyl/N-ethyl adjacent to an activating group) is 1. The van der Waals surface area contributed by atoms with E-state index in [4.69, 9.17) is 0 Å². The highest BCUT2D eigenvalue weighted by Gasteiger charge is 1.99. The fourth-order valence-electron chi connectivity index (χ4n) is 0.868. The van der Waals surface area contributed by atoms with Gasteiger partial charge in [0.05, 0.1) is 0 Å². The lowest BCUT2D eigenvalue weighted by molar-refractivity contribution is -0.123. The lowest BCUT2D eigenvalue weighted by Crippen LogP contribution is -2.19. The lowest BCUT2D eigenvalue weighted by Gasteiger charge is -2.07. The Bertz CT molecular complexity index is 171. The molecular weight excluding hydrogens is 150 g/mol. The predicted molar refractivity (Wildman–Crippen MR) is 52.0 cm³/mol. The molecule has 0 radical (unpaired) electrons. The third-order valence-corrected chi connectivity index (χ3v) is 1.74. The molecule has 0 aliphatic carbocycles. The fraction of sp³-hybridized carbons (Fsp3) is 0.700. The van der Waals surface area contributed by atoms with Crippen molar-refractivity contribution in [2.75, 3.05) is 14.1 Å². The van der Waals surface area contributed by atoms with Crippen LogP contribution >= 0.6 is 0 Å². The fourth-order valence-corrected chi connectivity index (χ4v) is 0.868. The van der Waals surface area contributed by atoms with E-state index in [9.17, 15) is 4.79 Å². The second-order valence-electron chi connectivity index (χ2n) is 3.33. The Morgan fingerprint density at radius 1 is 1.42 bits per heavy atom. The summed E-state index contributed by atoms with van der Waals surface area (Å²) in [7, 11) is 3.54. The molecule has 0 heterocycles. The summed E-state index contributed by atoms with van der Waals surface area (Å²) in [5.41, 5.74) is 1.18. The Hall–Kier alpha value is -0.790. The maximum Gasteiger partial charge on any atom is 0.245 e.